The van der Waals surface area contributed by atoms with Gasteiger partial charge < -0.3 is 21.3 Å². The van der Waals surface area contributed by atoms with Crippen molar-refractivity contribution < 1.29 is 9.32 Å². The third-order valence-corrected chi connectivity index (χ3v) is 5.79. The van der Waals surface area contributed by atoms with Crippen LogP contribution in [0.4, 0.5) is 0 Å². The van der Waals surface area contributed by atoms with Gasteiger partial charge >= 0.3 is 0 Å². The number of primary amides is 1. The van der Waals surface area contributed by atoms with E-state index in [1.54, 1.807) is 6.07 Å². The summed E-state index contributed by atoms with van der Waals surface area (Å²) in [5.41, 5.74) is 18.7. The number of hydrogen-bond acceptors (Lipinski definition) is 6. The first-order chi connectivity index (χ1) is 17.1. The first-order valence-corrected chi connectivity index (χ1v) is 12.2. The predicted octanol–water partition coefficient (Wildman–Crippen LogP) is 3.88. The van der Waals surface area contributed by atoms with Gasteiger partial charge in [0.1, 0.15) is 5.84 Å². The van der Waals surface area contributed by atoms with Crippen molar-refractivity contribution in [3.8, 4) is 0 Å². The van der Waals surface area contributed by atoms with Gasteiger partial charge in [0.2, 0.25) is 17.6 Å². The van der Waals surface area contributed by atoms with E-state index in [2.05, 4.69) is 40.0 Å². The highest BCUT2D eigenvalue weighted by Crippen LogP contribution is 2.18. The monoisotopic (exact) mass is 488 g/mol. The number of benzene rings is 1. The van der Waals surface area contributed by atoms with Gasteiger partial charge in [-0.1, -0.05) is 42.8 Å². The molecule has 0 bridgehead atoms. The van der Waals surface area contributed by atoms with Crippen LogP contribution in [0.5, 0.6) is 0 Å². The van der Waals surface area contributed by atoms with Crippen molar-refractivity contribution >= 4 is 17.3 Å². The van der Waals surface area contributed by atoms with E-state index in [4.69, 9.17) is 16.0 Å². The number of nitrogens with two attached hydrogens (primary N) is 2. The minimum absolute atomic E-state index is 0.107. The number of allylic oxidation sites excluding steroid dienone is 5. The van der Waals surface area contributed by atoms with E-state index < -0.39 is 5.91 Å². The number of unbranched alkanes of at least 4 members (excludes halogenated alkanes) is 1. The quantitative estimate of drug-likeness (QED) is 0.180. The molecule has 0 atom stereocenters. The van der Waals surface area contributed by atoms with Crippen molar-refractivity contribution in [3.05, 3.63) is 82.2 Å². The zero-order valence-corrected chi connectivity index (χ0v) is 21.6. The molecule has 1 aromatic heterocycles. The largest absolute Gasteiger partial charge is 0.383 e. The summed E-state index contributed by atoms with van der Waals surface area (Å²) < 4.78 is 5.41. The number of amides is 1. The molecule has 0 saturated carbocycles. The van der Waals surface area contributed by atoms with Gasteiger partial charge in [-0.05, 0) is 68.5 Å². The molecule has 0 aliphatic heterocycles. The van der Waals surface area contributed by atoms with Crippen LogP contribution >= 0.6 is 0 Å². The van der Waals surface area contributed by atoms with Crippen molar-refractivity contribution in [3.63, 3.8) is 0 Å². The van der Waals surface area contributed by atoms with E-state index in [9.17, 15) is 4.79 Å². The molecule has 5 N–H and O–H groups in total. The van der Waals surface area contributed by atoms with Crippen LogP contribution in [0, 0.1) is 12.3 Å². The maximum Gasteiger partial charge on any atom is 0.249 e. The fraction of sp³-hybridized carbons (Fsp3) is 0.393. The zero-order valence-electron chi connectivity index (χ0n) is 21.6. The van der Waals surface area contributed by atoms with E-state index in [0.717, 1.165) is 49.1 Å². The fourth-order valence-corrected chi connectivity index (χ4v) is 3.67. The highest BCUT2D eigenvalue weighted by atomic mass is 16.5. The van der Waals surface area contributed by atoms with Crippen molar-refractivity contribution in [1.82, 2.24) is 15.5 Å². The van der Waals surface area contributed by atoms with Crippen LogP contribution in [0.15, 0.2) is 63.3 Å². The van der Waals surface area contributed by atoms with Gasteiger partial charge in [-0.2, -0.15) is 4.98 Å². The summed E-state index contributed by atoms with van der Waals surface area (Å²) in [5.74, 6) is 1.05. The number of nitrogens with one attached hydrogen (secondary N) is 1. The Morgan fingerprint density at radius 2 is 1.94 bits per heavy atom. The van der Waals surface area contributed by atoms with Crippen LogP contribution < -0.4 is 16.8 Å². The average molecular weight is 489 g/mol. The van der Waals surface area contributed by atoms with Gasteiger partial charge in [0.25, 0.3) is 0 Å². The summed E-state index contributed by atoms with van der Waals surface area (Å²) in [5, 5.41) is 7.60. The number of rotatable bonds is 12. The Morgan fingerprint density at radius 1 is 1.14 bits per heavy atom. The Hall–Kier alpha value is -3.74. The molecule has 0 saturated heterocycles. The Kier molecular flexibility index (Phi) is 9.17. The molecule has 3 rings (SSSR count). The third kappa shape index (κ3) is 7.90. The van der Waals surface area contributed by atoms with Crippen LogP contribution in [-0.2, 0) is 6.42 Å². The number of carbonyl (C=O) groups is 1. The van der Waals surface area contributed by atoms with Gasteiger partial charge in [0, 0.05) is 30.6 Å². The third-order valence-electron chi connectivity index (χ3n) is 5.79. The Labute approximate surface area is 212 Å². The molecule has 1 aliphatic carbocycles. The standard InChI is InChI=1S/C28H36N6O2/c1-19-8-7-9-21(13-11-19)27-33-24(36-34-27)10-5-6-15-31-17-28(3,4)18-32-25(29)23-16-20(2)12-14-22(23)26(30)35/h8-9,11-14,16,31H,5-6,10,15,17-18H2,1-4H3,(H2,29,32)(H2,30,35). The summed E-state index contributed by atoms with van der Waals surface area (Å²) in [6.45, 7) is 10.4. The maximum atomic E-state index is 11.7. The van der Waals surface area contributed by atoms with Gasteiger partial charge in [-0.3, -0.25) is 9.79 Å². The molecular weight excluding hydrogens is 452 g/mol. The van der Waals surface area contributed by atoms with Crippen LogP contribution in [0.2, 0.25) is 0 Å². The van der Waals surface area contributed by atoms with Gasteiger partial charge in [-0.25, -0.2) is 0 Å². The lowest BCUT2D eigenvalue weighted by molar-refractivity contribution is 0.1000. The Bertz CT molecular complexity index is 1240. The smallest absolute Gasteiger partial charge is 0.249 e. The van der Waals surface area contributed by atoms with E-state index in [-0.39, 0.29) is 5.41 Å². The minimum atomic E-state index is -0.511. The molecule has 8 heteroatoms. The van der Waals surface area contributed by atoms with Crippen LogP contribution in [0.3, 0.4) is 0 Å². The van der Waals surface area contributed by atoms with Gasteiger partial charge in [0.15, 0.2) is 0 Å². The van der Waals surface area contributed by atoms with E-state index in [1.165, 1.54) is 0 Å². The number of hydrogen-bond donors (Lipinski definition) is 3. The lowest BCUT2D eigenvalue weighted by atomic mass is 9.93. The molecular formula is C28H36N6O2. The highest BCUT2D eigenvalue weighted by Gasteiger charge is 2.18. The van der Waals surface area contributed by atoms with Crippen molar-refractivity contribution in [2.24, 2.45) is 21.9 Å². The number of nitrogens with zero attached hydrogens (tertiary/aromatic N) is 3. The van der Waals surface area contributed by atoms with E-state index >= 15 is 0 Å². The molecule has 0 unspecified atom stereocenters. The van der Waals surface area contributed by atoms with Crippen LogP contribution in [0.25, 0.3) is 5.57 Å². The first-order valence-electron chi connectivity index (χ1n) is 12.2. The summed E-state index contributed by atoms with van der Waals surface area (Å²) in [6.07, 6.45) is 10.4. The lowest BCUT2D eigenvalue weighted by Gasteiger charge is -2.23. The van der Waals surface area contributed by atoms with Crippen molar-refractivity contribution in [1.29, 1.82) is 0 Å². The van der Waals surface area contributed by atoms with Crippen LogP contribution in [0.1, 0.15) is 66.8 Å². The van der Waals surface area contributed by atoms with Crippen LogP contribution in [-0.4, -0.2) is 41.5 Å². The summed E-state index contributed by atoms with van der Waals surface area (Å²) in [6, 6.07) is 5.37. The lowest BCUT2D eigenvalue weighted by Crippen LogP contribution is -2.33. The first kappa shape index (κ1) is 26.9. The predicted molar refractivity (Wildman–Crippen MR) is 144 cm³/mol. The SMILES string of the molecule is CC1=CC=C(c2noc(CCCCNCC(C)(C)CN=C(N)c3cc(C)ccc3C(N)=O)n2)C=C=C1. The molecule has 8 nitrogen and oxygen atoms in total. The van der Waals surface area contributed by atoms with Gasteiger partial charge in [-0.15, -0.1) is 5.73 Å². The fourth-order valence-electron chi connectivity index (χ4n) is 3.67. The Morgan fingerprint density at radius 3 is 2.72 bits per heavy atom. The normalized spacial score (nSPS) is 13.9. The summed E-state index contributed by atoms with van der Waals surface area (Å²) in [7, 11) is 0. The number of aromatic nitrogens is 2. The minimum Gasteiger partial charge on any atom is -0.383 e. The molecule has 1 heterocycles. The zero-order chi connectivity index (χ0) is 26.1. The second kappa shape index (κ2) is 12.3. The topological polar surface area (TPSA) is 132 Å². The van der Waals surface area contributed by atoms with Crippen molar-refractivity contribution in [2.75, 3.05) is 19.6 Å². The van der Waals surface area contributed by atoms with Gasteiger partial charge in [0.05, 0.1) is 5.56 Å². The number of carbonyl (C=O) groups excluding carboxylic acids is 1. The molecule has 1 amide bonds. The second-order valence-corrected chi connectivity index (χ2v) is 9.91. The second-order valence-electron chi connectivity index (χ2n) is 9.91. The Balaban J connectivity index is 1.41. The average Bonchev–Trinajstić information content (AvgIpc) is 3.19. The summed E-state index contributed by atoms with van der Waals surface area (Å²) >= 11 is 0. The molecule has 1 aliphatic rings. The maximum absolute atomic E-state index is 11.7. The molecule has 0 fully saturated rings. The molecule has 1 aromatic carbocycles. The number of aliphatic imine (C=N–C) groups is 1. The molecule has 36 heavy (non-hydrogen) atoms. The van der Waals surface area contributed by atoms with Crippen molar-refractivity contribution in [2.45, 2.75) is 47.0 Å². The molecule has 0 radical (unpaired) electrons. The number of aryl methyl sites for hydroxylation is 2. The highest BCUT2D eigenvalue weighted by molar-refractivity contribution is 6.08. The molecule has 0 spiro atoms. The molecule has 190 valence electrons. The molecule has 2 aromatic rings. The summed E-state index contributed by atoms with van der Waals surface area (Å²) in [4.78, 5) is 20.8. The van der Waals surface area contributed by atoms with E-state index in [1.807, 2.05) is 50.3 Å². The number of amidine groups is 1. The van der Waals surface area contributed by atoms with E-state index in [0.29, 0.717) is 35.2 Å².